The fourth-order valence-electron chi connectivity index (χ4n) is 2.73. The van der Waals surface area contributed by atoms with Gasteiger partial charge in [-0.05, 0) is 42.7 Å². The number of amides is 2. The molecule has 3 rings (SSSR count). The van der Waals surface area contributed by atoms with E-state index in [1.807, 2.05) is 24.3 Å². The van der Waals surface area contributed by atoms with E-state index in [4.69, 9.17) is 11.6 Å². The summed E-state index contributed by atoms with van der Waals surface area (Å²) in [6.07, 6.45) is 2.00. The highest BCUT2D eigenvalue weighted by Crippen LogP contribution is 2.27. The number of rotatable bonds is 5. The van der Waals surface area contributed by atoms with Gasteiger partial charge >= 0.3 is 0 Å². The zero-order chi connectivity index (χ0) is 17.6. The van der Waals surface area contributed by atoms with Crippen molar-refractivity contribution in [3.05, 3.63) is 59.1 Å². The number of halogens is 1. The highest BCUT2D eigenvalue weighted by molar-refractivity contribution is 8.00. The highest BCUT2D eigenvalue weighted by atomic mass is 35.5. The summed E-state index contributed by atoms with van der Waals surface area (Å²) < 4.78 is 0. The number of nitrogens with one attached hydrogen (secondary N) is 2. The van der Waals surface area contributed by atoms with Gasteiger partial charge in [0, 0.05) is 28.6 Å². The molecule has 0 spiro atoms. The first kappa shape index (κ1) is 17.8. The van der Waals surface area contributed by atoms with Crippen LogP contribution in [0.5, 0.6) is 0 Å². The average Bonchev–Trinajstić information content (AvgIpc) is 2.74. The van der Waals surface area contributed by atoms with Crippen molar-refractivity contribution in [1.29, 1.82) is 0 Å². The molecule has 0 saturated heterocycles. The van der Waals surface area contributed by atoms with Crippen molar-refractivity contribution in [2.75, 3.05) is 16.4 Å². The van der Waals surface area contributed by atoms with E-state index in [2.05, 4.69) is 10.6 Å². The van der Waals surface area contributed by atoms with Gasteiger partial charge in [-0.3, -0.25) is 9.59 Å². The van der Waals surface area contributed by atoms with Crippen LogP contribution in [0, 0.1) is 0 Å². The Kier molecular flexibility index (Phi) is 6.00. The molecule has 0 saturated carbocycles. The predicted octanol–water partition coefficient (Wildman–Crippen LogP) is 4.36. The number of hydrogen-bond acceptors (Lipinski definition) is 3. The van der Waals surface area contributed by atoms with E-state index in [0.29, 0.717) is 22.9 Å². The molecule has 2 amide bonds. The summed E-state index contributed by atoms with van der Waals surface area (Å²) in [6.45, 7) is 0. The molecule has 6 heteroatoms. The van der Waals surface area contributed by atoms with Crippen molar-refractivity contribution >= 4 is 46.6 Å². The number of aryl methyl sites for hydroxylation is 1. The lowest BCUT2D eigenvalue weighted by atomic mass is 10.1. The molecule has 2 aromatic carbocycles. The van der Waals surface area contributed by atoms with Crippen molar-refractivity contribution in [2.24, 2.45) is 0 Å². The Morgan fingerprint density at radius 2 is 2.08 bits per heavy atom. The number of hydrogen-bond donors (Lipinski definition) is 2. The maximum Gasteiger partial charge on any atom is 0.237 e. The summed E-state index contributed by atoms with van der Waals surface area (Å²) in [6, 6.07) is 14.9. The van der Waals surface area contributed by atoms with Gasteiger partial charge in [-0.15, -0.1) is 11.8 Å². The van der Waals surface area contributed by atoms with E-state index in [-0.39, 0.29) is 17.1 Å². The second kappa shape index (κ2) is 8.41. The van der Waals surface area contributed by atoms with Gasteiger partial charge in [-0.1, -0.05) is 35.9 Å². The molecule has 4 nitrogen and oxygen atoms in total. The summed E-state index contributed by atoms with van der Waals surface area (Å²) >= 11 is 7.44. The van der Waals surface area contributed by atoms with Gasteiger partial charge in [0.25, 0.3) is 0 Å². The molecule has 1 aliphatic heterocycles. The molecule has 1 unspecified atom stereocenters. The van der Waals surface area contributed by atoms with E-state index >= 15 is 0 Å². The molecular weight excluding hydrogens is 356 g/mol. The number of anilines is 2. The molecule has 0 radical (unpaired) electrons. The SMILES string of the molecule is O=C(CCSC1CCc2ccccc2NC1=O)Nc1cccc(Cl)c1. The van der Waals surface area contributed by atoms with Crippen molar-refractivity contribution in [2.45, 2.75) is 24.5 Å². The smallest absolute Gasteiger partial charge is 0.237 e. The van der Waals surface area contributed by atoms with Gasteiger partial charge in [-0.2, -0.15) is 0 Å². The quantitative estimate of drug-likeness (QED) is 0.817. The van der Waals surface area contributed by atoms with E-state index in [9.17, 15) is 9.59 Å². The molecule has 1 heterocycles. The topological polar surface area (TPSA) is 58.2 Å². The number of para-hydroxylation sites is 1. The molecule has 2 aromatic rings. The summed E-state index contributed by atoms with van der Waals surface area (Å²) in [5.41, 5.74) is 2.75. The molecule has 2 N–H and O–H groups in total. The Morgan fingerprint density at radius 1 is 1.24 bits per heavy atom. The molecule has 0 fully saturated rings. The van der Waals surface area contributed by atoms with Crippen LogP contribution in [-0.2, 0) is 16.0 Å². The lowest BCUT2D eigenvalue weighted by molar-refractivity contribution is -0.116. The van der Waals surface area contributed by atoms with Gasteiger partial charge in [0.15, 0.2) is 0 Å². The van der Waals surface area contributed by atoms with E-state index in [1.54, 1.807) is 24.3 Å². The number of thioether (sulfide) groups is 1. The van der Waals surface area contributed by atoms with E-state index < -0.39 is 0 Å². The third-order valence-corrected chi connectivity index (χ3v) is 5.53. The van der Waals surface area contributed by atoms with Crippen LogP contribution >= 0.6 is 23.4 Å². The Labute approximate surface area is 156 Å². The number of fused-ring (bicyclic) bond motifs is 1. The van der Waals surface area contributed by atoms with Crippen LogP contribution in [0.15, 0.2) is 48.5 Å². The monoisotopic (exact) mass is 374 g/mol. The molecule has 0 aliphatic carbocycles. The van der Waals surface area contributed by atoms with Crippen molar-refractivity contribution in [3.63, 3.8) is 0 Å². The molecule has 1 aliphatic rings. The Morgan fingerprint density at radius 3 is 2.92 bits per heavy atom. The average molecular weight is 375 g/mol. The van der Waals surface area contributed by atoms with Crippen molar-refractivity contribution in [3.8, 4) is 0 Å². The van der Waals surface area contributed by atoms with E-state index in [1.165, 1.54) is 11.8 Å². The van der Waals surface area contributed by atoms with Gasteiger partial charge in [0.1, 0.15) is 0 Å². The second-order valence-corrected chi connectivity index (χ2v) is 7.60. The lowest BCUT2D eigenvalue weighted by Crippen LogP contribution is -2.24. The summed E-state index contributed by atoms with van der Waals surface area (Å²) in [4.78, 5) is 24.4. The van der Waals surface area contributed by atoms with Crippen LogP contribution in [0.4, 0.5) is 11.4 Å². The molecule has 0 aromatic heterocycles. The number of benzene rings is 2. The second-order valence-electron chi connectivity index (χ2n) is 5.85. The van der Waals surface area contributed by atoms with Crippen LogP contribution in [0.25, 0.3) is 0 Å². The maximum atomic E-state index is 12.3. The minimum absolute atomic E-state index is 0.0187. The van der Waals surface area contributed by atoms with Gasteiger partial charge < -0.3 is 10.6 Å². The molecular formula is C19H19ClN2O2S. The molecule has 0 bridgehead atoms. The zero-order valence-corrected chi connectivity index (χ0v) is 15.2. The van der Waals surface area contributed by atoms with E-state index in [0.717, 1.165) is 24.1 Å². The van der Waals surface area contributed by atoms with Crippen LogP contribution in [-0.4, -0.2) is 22.8 Å². The first-order chi connectivity index (χ1) is 12.1. The predicted molar refractivity (Wildman–Crippen MR) is 104 cm³/mol. The minimum Gasteiger partial charge on any atom is -0.326 e. The fraction of sp³-hybridized carbons (Fsp3) is 0.263. The molecule has 1 atom stereocenters. The summed E-state index contributed by atoms with van der Waals surface area (Å²) in [5.74, 6) is 0.540. The van der Waals surface area contributed by atoms with Crippen molar-refractivity contribution in [1.82, 2.24) is 0 Å². The van der Waals surface area contributed by atoms with Gasteiger partial charge in [-0.25, -0.2) is 0 Å². The van der Waals surface area contributed by atoms with Gasteiger partial charge in [0.2, 0.25) is 11.8 Å². The third kappa shape index (κ3) is 5.00. The van der Waals surface area contributed by atoms with Gasteiger partial charge in [0.05, 0.1) is 5.25 Å². The largest absolute Gasteiger partial charge is 0.326 e. The highest BCUT2D eigenvalue weighted by Gasteiger charge is 2.23. The Balaban J connectivity index is 1.47. The first-order valence-corrected chi connectivity index (χ1v) is 9.60. The number of carbonyl (C=O) groups excluding carboxylic acids is 2. The maximum absolute atomic E-state index is 12.3. The minimum atomic E-state index is -0.133. The fourth-order valence-corrected chi connectivity index (χ4v) is 4.01. The normalized spacial score (nSPS) is 16.5. The van der Waals surface area contributed by atoms with Crippen LogP contribution in [0.1, 0.15) is 18.4 Å². The Hall–Kier alpha value is -1.98. The third-order valence-electron chi connectivity index (χ3n) is 4.00. The molecule has 130 valence electrons. The van der Waals surface area contributed by atoms with Crippen LogP contribution < -0.4 is 10.6 Å². The summed E-state index contributed by atoms with van der Waals surface area (Å²) in [5, 5.41) is 6.25. The standard InChI is InChI=1S/C19H19ClN2O2S/c20-14-5-3-6-15(12-14)21-18(23)10-11-25-17-9-8-13-4-1-2-7-16(13)22-19(17)24/h1-7,12,17H,8-11H2,(H,21,23)(H,22,24). The van der Waals surface area contributed by atoms with Crippen LogP contribution in [0.2, 0.25) is 5.02 Å². The zero-order valence-electron chi connectivity index (χ0n) is 13.6. The first-order valence-electron chi connectivity index (χ1n) is 8.17. The lowest BCUT2D eigenvalue weighted by Gasteiger charge is -2.12. The number of carbonyl (C=O) groups is 2. The van der Waals surface area contributed by atoms with Crippen LogP contribution in [0.3, 0.4) is 0 Å². The Bertz CT molecular complexity index is 782. The van der Waals surface area contributed by atoms with Crippen molar-refractivity contribution < 1.29 is 9.59 Å². The summed E-state index contributed by atoms with van der Waals surface area (Å²) in [7, 11) is 0. The molecule has 25 heavy (non-hydrogen) atoms.